The Morgan fingerprint density at radius 1 is 0.789 bits per heavy atom. The van der Waals surface area contributed by atoms with Gasteiger partial charge in [-0.1, -0.05) is 12.8 Å². The van der Waals surface area contributed by atoms with Gasteiger partial charge in [-0.25, -0.2) is 4.98 Å². The molecule has 19 heavy (non-hydrogen) atoms. The molecule has 0 radical (unpaired) electrons. The fourth-order valence-electron chi connectivity index (χ4n) is 3.06. The van der Waals surface area contributed by atoms with Crippen molar-refractivity contribution in [1.29, 1.82) is 0 Å². The zero-order valence-corrected chi connectivity index (χ0v) is 11.9. The van der Waals surface area contributed by atoms with E-state index in [2.05, 4.69) is 27.8 Å². The molecule has 2 aliphatic heterocycles. The van der Waals surface area contributed by atoms with E-state index in [0.29, 0.717) is 0 Å². The summed E-state index contributed by atoms with van der Waals surface area (Å²) in [5, 5.41) is 0. The predicted molar refractivity (Wildman–Crippen MR) is 78.9 cm³/mol. The first-order chi connectivity index (χ1) is 9.33. The monoisotopic (exact) mass is 260 g/mol. The van der Waals surface area contributed by atoms with E-state index in [4.69, 9.17) is 4.98 Å². The molecule has 0 aliphatic carbocycles. The highest BCUT2D eigenvalue weighted by molar-refractivity contribution is 5.46. The molecule has 1 aromatic heterocycles. The van der Waals surface area contributed by atoms with Crippen molar-refractivity contribution in [3.63, 3.8) is 0 Å². The lowest BCUT2D eigenvalue weighted by Crippen LogP contribution is -2.27. The number of aryl methyl sites for hydroxylation is 1. The van der Waals surface area contributed by atoms with Crippen LogP contribution in [-0.2, 0) is 0 Å². The molecule has 3 rings (SSSR count). The van der Waals surface area contributed by atoms with Gasteiger partial charge in [0, 0.05) is 37.9 Å². The van der Waals surface area contributed by atoms with Gasteiger partial charge in [0.15, 0.2) is 0 Å². The highest BCUT2D eigenvalue weighted by Gasteiger charge is 2.18. The van der Waals surface area contributed by atoms with Crippen molar-refractivity contribution in [2.75, 3.05) is 36.0 Å². The smallest absolute Gasteiger partial charge is 0.227 e. The highest BCUT2D eigenvalue weighted by Crippen LogP contribution is 2.22. The number of hydrogen-bond acceptors (Lipinski definition) is 4. The first kappa shape index (κ1) is 12.7. The molecule has 2 fully saturated rings. The normalized spacial score (nSPS) is 20.7. The van der Waals surface area contributed by atoms with Crippen LogP contribution in [0.4, 0.5) is 11.8 Å². The fourth-order valence-corrected chi connectivity index (χ4v) is 3.06. The van der Waals surface area contributed by atoms with Crippen LogP contribution in [0, 0.1) is 6.92 Å². The summed E-state index contributed by atoms with van der Waals surface area (Å²) in [7, 11) is 0. The maximum Gasteiger partial charge on any atom is 0.227 e. The first-order valence-electron chi connectivity index (χ1n) is 7.68. The summed E-state index contributed by atoms with van der Waals surface area (Å²) in [6.45, 7) is 6.61. The predicted octanol–water partition coefficient (Wildman–Crippen LogP) is 2.77. The molecule has 0 N–H and O–H groups in total. The molecule has 0 unspecified atom stereocenters. The molecule has 0 atom stereocenters. The quantitative estimate of drug-likeness (QED) is 0.818. The third-order valence-electron chi connectivity index (χ3n) is 4.15. The van der Waals surface area contributed by atoms with Crippen LogP contribution in [0.15, 0.2) is 6.07 Å². The van der Waals surface area contributed by atoms with E-state index in [1.54, 1.807) is 0 Å². The van der Waals surface area contributed by atoms with Crippen molar-refractivity contribution >= 4 is 11.8 Å². The minimum atomic E-state index is 0.941. The zero-order chi connectivity index (χ0) is 13.1. The number of nitrogens with zero attached hydrogens (tertiary/aromatic N) is 4. The lowest BCUT2D eigenvalue weighted by Gasteiger charge is -2.24. The van der Waals surface area contributed by atoms with Gasteiger partial charge in [0.1, 0.15) is 5.82 Å². The van der Waals surface area contributed by atoms with E-state index in [9.17, 15) is 0 Å². The molecular weight excluding hydrogens is 236 g/mol. The molecule has 0 amide bonds. The Bertz CT molecular complexity index is 418. The summed E-state index contributed by atoms with van der Waals surface area (Å²) in [6, 6.07) is 2.14. The number of anilines is 2. The van der Waals surface area contributed by atoms with Crippen molar-refractivity contribution in [1.82, 2.24) is 9.97 Å². The van der Waals surface area contributed by atoms with Crippen LogP contribution in [0.2, 0.25) is 0 Å². The zero-order valence-electron chi connectivity index (χ0n) is 11.9. The van der Waals surface area contributed by atoms with Gasteiger partial charge in [-0.3, -0.25) is 0 Å². The number of aromatic nitrogens is 2. The minimum Gasteiger partial charge on any atom is -0.356 e. The molecule has 1 aromatic rings. The van der Waals surface area contributed by atoms with Crippen LogP contribution in [0.5, 0.6) is 0 Å². The Hall–Kier alpha value is -1.32. The molecule has 0 spiro atoms. The van der Waals surface area contributed by atoms with E-state index >= 15 is 0 Å². The van der Waals surface area contributed by atoms with E-state index in [1.807, 2.05) is 0 Å². The van der Waals surface area contributed by atoms with Crippen molar-refractivity contribution < 1.29 is 0 Å². The Kier molecular flexibility index (Phi) is 3.85. The van der Waals surface area contributed by atoms with Gasteiger partial charge in [0.05, 0.1) is 0 Å². The van der Waals surface area contributed by atoms with E-state index in [1.165, 1.54) is 38.5 Å². The molecule has 4 heteroatoms. The second-order valence-electron chi connectivity index (χ2n) is 5.76. The standard InChI is InChI=1S/C15H24N4/c1-13-12-14(18-8-4-2-3-5-9-18)17-15(16-13)19-10-6-7-11-19/h12H,2-11H2,1H3. The van der Waals surface area contributed by atoms with Crippen molar-refractivity contribution in [2.24, 2.45) is 0 Å². The second kappa shape index (κ2) is 5.76. The summed E-state index contributed by atoms with van der Waals surface area (Å²) in [6.07, 6.45) is 7.86. The Morgan fingerprint density at radius 3 is 2.05 bits per heavy atom. The maximum atomic E-state index is 4.82. The van der Waals surface area contributed by atoms with Gasteiger partial charge in [-0.15, -0.1) is 0 Å². The van der Waals surface area contributed by atoms with Crippen LogP contribution in [0.1, 0.15) is 44.2 Å². The molecule has 2 aliphatic rings. The Balaban J connectivity index is 1.83. The molecule has 0 aromatic carbocycles. The van der Waals surface area contributed by atoms with Crippen molar-refractivity contribution in [2.45, 2.75) is 45.4 Å². The lowest BCUT2D eigenvalue weighted by atomic mass is 10.2. The van der Waals surface area contributed by atoms with Gasteiger partial charge < -0.3 is 9.80 Å². The minimum absolute atomic E-state index is 0.941. The number of rotatable bonds is 2. The van der Waals surface area contributed by atoms with Gasteiger partial charge in [-0.05, 0) is 32.6 Å². The molecule has 2 saturated heterocycles. The van der Waals surface area contributed by atoms with E-state index < -0.39 is 0 Å². The SMILES string of the molecule is Cc1cc(N2CCCCCC2)nc(N2CCCC2)n1. The molecule has 3 heterocycles. The summed E-state index contributed by atoms with van der Waals surface area (Å²) >= 11 is 0. The fraction of sp³-hybridized carbons (Fsp3) is 0.733. The third kappa shape index (κ3) is 2.99. The molecular formula is C15H24N4. The second-order valence-corrected chi connectivity index (χ2v) is 5.76. The van der Waals surface area contributed by atoms with Gasteiger partial charge in [-0.2, -0.15) is 4.98 Å². The van der Waals surface area contributed by atoms with Crippen LogP contribution in [0.25, 0.3) is 0 Å². The summed E-state index contributed by atoms with van der Waals surface area (Å²) in [5.74, 6) is 2.08. The first-order valence-corrected chi connectivity index (χ1v) is 7.68. The Morgan fingerprint density at radius 2 is 1.37 bits per heavy atom. The average molecular weight is 260 g/mol. The van der Waals surface area contributed by atoms with Gasteiger partial charge in [0.25, 0.3) is 0 Å². The average Bonchev–Trinajstić information content (AvgIpc) is 2.81. The van der Waals surface area contributed by atoms with Crippen LogP contribution in [0.3, 0.4) is 0 Å². The van der Waals surface area contributed by atoms with Gasteiger partial charge >= 0.3 is 0 Å². The van der Waals surface area contributed by atoms with Crippen molar-refractivity contribution in [3.05, 3.63) is 11.8 Å². The maximum absolute atomic E-state index is 4.82. The van der Waals surface area contributed by atoms with Crippen molar-refractivity contribution in [3.8, 4) is 0 Å². The molecule has 0 saturated carbocycles. The highest BCUT2D eigenvalue weighted by atomic mass is 15.3. The summed E-state index contributed by atoms with van der Waals surface area (Å²) in [5.41, 5.74) is 1.09. The number of hydrogen-bond donors (Lipinski definition) is 0. The van der Waals surface area contributed by atoms with Gasteiger partial charge in [0.2, 0.25) is 5.95 Å². The van der Waals surface area contributed by atoms with E-state index in [0.717, 1.165) is 43.6 Å². The van der Waals surface area contributed by atoms with E-state index in [-0.39, 0.29) is 0 Å². The van der Waals surface area contributed by atoms with Crippen LogP contribution >= 0.6 is 0 Å². The summed E-state index contributed by atoms with van der Waals surface area (Å²) in [4.78, 5) is 14.2. The topological polar surface area (TPSA) is 32.3 Å². The largest absolute Gasteiger partial charge is 0.356 e. The summed E-state index contributed by atoms with van der Waals surface area (Å²) < 4.78 is 0. The molecule has 104 valence electrons. The van der Waals surface area contributed by atoms with Crippen LogP contribution in [-0.4, -0.2) is 36.1 Å². The molecule has 0 bridgehead atoms. The lowest BCUT2D eigenvalue weighted by molar-refractivity contribution is 0.726. The Labute approximate surface area is 115 Å². The van der Waals surface area contributed by atoms with Crippen LogP contribution < -0.4 is 9.80 Å². The molecule has 4 nitrogen and oxygen atoms in total. The third-order valence-corrected chi connectivity index (χ3v) is 4.15.